The normalized spacial score (nSPS) is 25.5. The maximum Gasteiger partial charge on any atom is 0.128 e. The third-order valence-corrected chi connectivity index (χ3v) is 3.86. The summed E-state index contributed by atoms with van der Waals surface area (Å²) < 4.78 is 16.9. The summed E-state index contributed by atoms with van der Waals surface area (Å²) in [7, 11) is 1.66. The van der Waals surface area contributed by atoms with Gasteiger partial charge in [0.2, 0.25) is 0 Å². The van der Waals surface area contributed by atoms with Crippen molar-refractivity contribution in [1.29, 1.82) is 0 Å². The largest absolute Gasteiger partial charge is 0.487 e. The topological polar surface area (TPSA) is 53.7 Å². The van der Waals surface area contributed by atoms with Crippen LogP contribution in [0, 0.1) is 0 Å². The van der Waals surface area contributed by atoms with Crippen LogP contribution in [0.2, 0.25) is 0 Å². The molecule has 0 spiro atoms. The Bertz CT molecular complexity index is 456. The zero-order chi connectivity index (χ0) is 15.5. The second-order valence-corrected chi connectivity index (χ2v) is 6.63. The molecule has 118 valence electrons. The van der Waals surface area contributed by atoms with Gasteiger partial charge in [-0.25, -0.2) is 0 Å². The van der Waals surface area contributed by atoms with Crippen molar-refractivity contribution in [3.8, 4) is 5.75 Å². The number of nitrogens with two attached hydrogens (primary N) is 1. The molecule has 0 radical (unpaired) electrons. The Kier molecular flexibility index (Phi) is 5.25. The molecule has 1 saturated carbocycles. The lowest BCUT2D eigenvalue weighted by Gasteiger charge is -2.42. The summed E-state index contributed by atoms with van der Waals surface area (Å²) in [5, 5.41) is 0. The SMILES string of the molecule is COCCOC1C(N)CC1Oc1ccccc1C(C)(C)C. The highest BCUT2D eigenvalue weighted by atomic mass is 16.6. The Morgan fingerprint density at radius 2 is 1.90 bits per heavy atom. The molecule has 0 aliphatic heterocycles. The minimum Gasteiger partial charge on any atom is -0.487 e. The van der Waals surface area contributed by atoms with Crippen LogP contribution >= 0.6 is 0 Å². The average Bonchev–Trinajstić information content (AvgIpc) is 2.42. The molecule has 0 heterocycles. The summed E-state index contributed by atoms with van der Waals surface area (Å²) in [4.78, 5) is 0. The summed E-state index contributed by atoms with van der Waals surface area (Å²) >= 11 is 0. The van der Waals surface area contributed by atoms with E-state index in [9.17, 15) is 0 Å². The molecule has 1 aromatic carbocycles. The highest BCUT2D eigenvalue weighted by Gasteiger charge is 2.42. The Balaban J connectivity index is 2.02. The van der Waals surface area contributed by atoms with E-state index in [0.717, 1.165) is 12.2 Å². The van der Waals surface area contributed by atoms with E-state index in [-0.39, 0.29) is 23.7 Å². The third-order valence-electron chi connectivity index (χ3n) is 3.86. The highest BCUT2D eigenvalue weighted by Crippen LogP contribution is 2.35. The van der Waals surface area contributed by atoms with Gasteiger partial charge in [0.1, 0.15) is 18.0 Å². The van der Waals surface area contributed by atoms with Crippen molar-refractivity contribution in [3.63, 3.8) is 0 Å². The first-order valence-corrected chi connectivity index (χ1v) is 7.55. The Labute approximate surface area is 127 Å². The fourth-order valence-electron chi connectivity index (χ4n) is 2.58. The van der Waals surface area contributed by atoms with Crippen molar-refractivity contribution in [2.45, 2.75) is 50.9 Å². The van der Waals surface area contributed by atoms with Crippen LogP contribution in [-0.4, -0.2) is 38.6 Å². The van der Waals surface area contributed by atoms with Crippen molar-refractivity contribution >= 4 is 0 Å². The molecule has 2 N–H and O–H groups in total. The summed E-state index contributed by atoms with van der Waals surface area (Å²) in [6.07, 6.45) is 0.810. The first kappa shape index (κ1) is 16.3. The standard InChI is InChI=1S/C17H27NO3/c1-17(2,3)12-7-5-6-8-14(12)21-15-11-13(18)16(15)20-10-9-19-4/h5-8,13,15-16H,9-11,18H2,1-4H3. The maximum absolute atomic E-state index is 6.18. The molecular formula is C17H27NO3. The number of hydrogen-bond donors (Lipinski definition) is 1. The Morgan fingerprint density at radius 1 is 1.19 bits per heavy atom. The minimum atomic E-state index is -0.0480. The van der Waals surface area contributed by atoms with E-state index in [1.807, 2.05) is 18.2 Å². The molecule has 3 unspecified atom stereocenters. The molecule has 4 heteroatoms. The minimum absolute atomic E-state index is 0.0281. The number of rotatable bonds is 6. The van der Waals surface area contributed by atoms with Gasteiger partial charge in [-0.15, -0.1) is 0 Å². The summed E-state index contributed by atoms with van der Waals surface area (Å²) in [5.41, 5.74) is 7.29. The van der Waals surface area contributed by atoms with Gasteiger partial charge in [0.05, 0.1) is 13.2 Å². The van der Waals surface area contributed by atoms with Crippen LogP contribution in [0.3, 0.4) is 0 Å². The van der Waals surface area contributed by atoms with Gasteiger partial charge in [-0.3, -0.25) is 0 Å². The second-order valence-electron chi connectivity index (χ2n) is 6.63. The number of para-hydroxylation sites is 1. The average molecular weight is 293 g/mol. The quantitative estimate of drug-likeness (QED) is 0.819. The van der Waals surface area contributed by atoms with E-state index in [4.69, 9.17) is 19.9 Å². The first-order chi connectivity index (χ1) is 9.93. The van der Waals surface area contributed by atoms with Gasteiger partial charge in [0.15, 0.2) is 0 Å². The van der Waals surface area contributed by atoms with Crippen molar-refractivity contribution < 1.29 is 14.2 Å². The summed E-state index contributed by atoms with van der Waals surface area (Å²) in [5.74, 6) is 0.933. The van der Waals surface area contributed by atoms with Crippen LogP contribution in [0.15, 0.2) is 24.3 Å². The van der Waals surface area contributed by atoms with E-state index in [1.54, 1.807) is 7.11 Å². The van der Waals surface area contributed by atoms with Crippen molar-refractivity contribution in [1.82, 2.24) is 0 Å². The van der Waals surface area contributed by atoms with Gasteiger partial charge in [0, 0.05) is 19.6 Å². The van der Waals surface area contributed by atoms with Crippen LogP contribution in [0.4, 0.5) is 0 Å². The van der Waals surface area contributed by atoms with Crippen LogP contribution in [-0.2, 0) is 14.9 Å². The molecule has 1 aliphatic carbocycles. The number of hydrogen-bond acceptors (Lipinski definition) is 4. The molecule has 21 heavy (non-hydrogen) atoms. The van der Waals surface area contributed by atoms with Crippen LogP contribution in [0.5, 0.6) is 5.75 Å². The van der Waals surface area contributed by atoms with E-state index >= 15 is 0 Å². The van der Waals surface area contributed by atoms with Gasteiger partial charge in [0.25, 0.3) is 0 Å². The lowest BCUT2D eigenvalue weighted by Crippen LogP contribution is -2.59. The summed E-state index contributed by atoms with van der Waals surface area (Å²) in [6, 6.07) is 8.25. The van der Waals surface area contributed by atoms with Gasteiger partial charge >= 0.3 is 0 Å². The molecule has 2 rings (SSSR count). The molecule has 0 saturated heterocycles. The molecule has 1 fully saturated rings. The number of ether oxygens (including phenoxy) is 3. The molecule has 3 atom stereocenters. The Hall–Kier alpha value is -1.10. The molecule has 0 bridgehead atoms. The van der Waals surface area contributed by atoms with Gasteiger partial charge in [-0.05, 0) is 17.0 Å². The van der Waals surface area contributed by atoms with Crippen molar-refractivity contribution in [3.05, 3.63) is 29.8 Å². The number of benzene rings is 1. The number of methoxy groups -OCH3 is 1. The monoisotopic (exact) mass is 293 g/mol. The van der Waals surface area contributed by atoms with Crippen molar-refractivity contribution in [2.75, 3.05) is 20.3 Å². The molecule has 0 amide bonds. The van der Waals surface area contributed by atoms with E-state index < -0.39 is 0 Å². The van der Waals surface area contributed by atoms with Crippen LogP contribution < -0.4 is 10.5 Å². The zero-order valence-corrected chi connectivity index (χ0v) is 13.5. The van der Waals surface area contributed by atoms with E-state index in [2.05, 4.69) is 26.8 Å². The zero-order valence-electron chi connectivity index (χ0n) is 13.5. The van der Waals surface area contributed by atoms with Crippen molar-refractivity contribution in [2.24, 2.45) is 5.73 Å². The highest BCUT2D eigenvalue weighted by molar-refractivity contribution is 5.38. The predicted molar refractivity (Wildman–Crippen MR) is 83.8 cm³/mol. The maximum atomic E-state index is 6.18. The van der Waals surface area contributed by atoms with E-state index in [0.29, 0.717) is 13.2 Å². The first-order valence-electron chi connectivity index (χ1n) is 7.55. The van der Waals surface area contributed by atoms with Gasteiger partial charge in [-0.1, -0.05) is 39.0 Å². The lowest BCUT2D eigenvalue weighted by molar-refractivity contribution is -0.107. The second kappa shape index (κ2) is 6.77. The van der Waals surface area contributed by atoms with Crippen LogP contribution in [0.1, 0.15) is 32.8 Å². The lowest BCUT2D eigenvalue weighted by atomic mass is 9.84. The smallest absolute Gasteiger partial charge is 0.128 e. The fourth-order valence-corrected chi connectivity index (χ4v) is 2.58. The van der Waals surface area contributed by atoms with Gasteiger partial charge < -0.3 is 19.9 Å². The van der Waals surface area contributed by atoms with Crippen LogP contribution in [0.25, 0.3) is 0 Å². The molecular weight excluding hydrogens is 266 g/mol. The predicted octanol–water partition coefficient (Wildman–Crippen LogP) is 2.49. The fraction of sp³-hybridized carbons (Fsp3) is 0.647. The molecule has 1 aliphatic rings. The van der Waals surface area contributed by atoms with Gasteiger partial charge in [-0.2, -0.15) is 0 Å². The molecule has 4 nitrogen and oxygen atoms in total. The molecule has 0 aromatic heterocycles. The van der Waals surface area contributed by atoms with E-state index in [1.165, 1.54) is 5.56 Å². The third kappa shape index (κ3) is 3.96. The summed E-state index contributed by atoms with van der Waals surface area (Å²) in [6.45, 7) is 7.70. The molecule has 1 aromatic rings. The Morgan fingerprint density at radius 3 is 2.52 bits per heavy atom.